The lowest BCUT2D eigenvalue weighted by Crippen LogP contribution is -2.61. The Hall–Kier alpha value is -3.85. The molecule has 7 nitrogen and oxygen atoms in total. The third kappa shape index (κ3) is 8.58. The summed E-state index contributed by atoms with van der Waals surface area (Å²) >= 11 is 0. The molecule has 1 aliphatic heterocycles. The Balaban J connectivity index is 1.41. The average Bonchev–Trinajstić information content (AvgIpc) is 3.05. The molecular weight excluding hydrogens is 530 g/mol. The molecular formula is C35H37NO6. The Morgan fingerprint density at radius 3 is 1.40 bits per heavy atom. The summed E-state index contributed by atoms with van der Waals surface area (Å²) in [4.78, 5) is 0. The molecule has 7 heteroatoms. The van der Waals surface area contributed by atoms with Crippen molar-refractivity contribution in [3.63, 3.8) is 0 Å². The molecule has 4 aromatic carbocycles. The summed E-state index contributed by atoms with van der Waals surface area (Å²) in [5.41, 5.74) is 4.12. The van der Waals surface area contributed by atoms with E-state index in [0.29, 0.717) is 26.4 Å². The van der Waals surface area contributed by atoms with E-state index in [-0.39, 0.29) is 6.61 Å². The van der Waals surface area contributed by atoms with E-state index in [1.54, 1.807) is 0 Å². The smallest absolute Gasteiger partial charge is 0.125 e. The molecule has 0 bridgehead atoms. The standard InChI is InChI=1S/C35H37NO6/c37-36-21-31-33(39-23-28-15-7-2-8-16-28)35(41-25-30-19-11-4-12-20-30)34(40-24-29-17-9-3-10-18-29)32(42-31)26-38-22-27-13-5-1-6-14-27/h1-21,31-35,37H,22-26H2/b36-21+/t31-,32+,33+,34+,35+/m0/s1. The summed E-state index contributed by atoms with van der Waals surface area (Å²) in [6.07, 6.45) is -1.56. The van der Waals surface area contributed by atoms with E-state index in [0.717, 1.165) is 22.3 Å². The molecule has 5 rings (SSSR count). The van der Waals surface area contributed by atoms with E-state index in [1.165, 1.54) is 6.21 Å². The van der Waals surface area contributed by atoms with Crippen LogP contribution in [0.1, 0.15) is 22.3 Å². The van der Waals surface area contributed by atoms with Crippen molar-refractivity contribution in [1.29, 1.82) is 0 Å². The van der Waals surface area contributed by atoms with Gasteiger partial charge in [-0.1, -0.05) is 126 Å². The maximum absolute atomic E-state index is 9.58. The molecule has 0 unspecified atom stereocenters. The summed E-state index contributed by atoms with van der Waals surface area (Å²) in [6.45, 7) is 1.72. The molecule has 0 radical (unpaired) electrons. The van der Waals surface area contributed by atoms with Gasteiger partial charge in [-0.25, -0.2) is 0 Å². The van der Waals surface area contributed by atoms with Gasteiger partial charge >= 0.3 is 0 Å². The van der Waals surface area contributed by atoms with Gasteiger partial charge < -0.3 is 28.9 Å². The van der Waals surface area contributed by atoms with Crippen LogP contribution >= 0.6 is 0 Å². The first-order valence-electron chi connectivity index (χ1n) is 14.2. The minimum Gasteiger partial charge on any atom is -0.411 e. The Morgan fingerprint density at radius 1 is 0.548 bits per heavy atom. The van der Waals surface area contributed by atoms with Crippen LogP contribution in [0.25, 0.3) is 0 Å². The third-order valence-electron chi connectivity index (χ3n) is 7.13. The lowest BCUT2D eigenvalue weighted by atomic mass is 9.94. The first-order valence-corrected chi connectivity index (χ1v) is 14.2. The van der Waals surface area contributed by atoms with Gasteiger partial charge in [0.1, 0.15) is 30.5 Å². The van der Waals surface area contributed by atoms with Crippen LogP contribution < -0.4 is 0 Å². The van der Waals surface area contributed by atoms with Crippen molar-refractivity contribution in [2.75, 3.05) is 6.61 Å². The molecule has 1 heterocycles. The first-order chi connectivity index (χ1) is 20.8. The molecule has 0 amide bonds. The molecule has 0 aromatic heterocycles. The van der Waals surface area contributed by atoms with E-state index in [9.17, 15) is 5.21 Å². The molecule has 0 saturated carbocycles. The maximum Gasteiger partial charge on any atom is 0.125 e. The average molecular weight is 568 g/mol. The number of ether oxygens (including phenoxy) is 5. The largest absolute Gasteiger partial charge is 0.411 e. The Kier molecular flexibility index (Phi) is 11.3. The van der Waals surface area contributed by atoms with E-state index in [1.807, 2.05) is 121 Å². The van der Waals surface area contributed by atoms with Gasteiger partial charge in [-0.05, 0) is 22.3 Å². The topological polar surface area (TPSA) is 78.7 Å². The van der Waals surface area contributed by atoms with Crippen molar-refractivity contribution in [3.05, 3.63) is 144 Å². The minimum absolute atomic E-state index is 0.251. The van der Waals surface area contributed by atoms with Crippen LogP contribution in [0.15, 0.2) is 126 Å². The van der Waals surface area contributed by atoms with Crippen LogP contribution in [0.2, 0.25) is 0 Å². The van der Waals surface area contributed by atoms with Gasteiger partial charge in [0.25, 0.3) is 0 Å². The van der Waals surface area contributed by atoms with Crippen molar-refractivity contribution >= 4 is 6.21 Å². The summed E-state index contributed by atoms with van der Waals surface area (Å²) in [6, 6.07) is 39.9. The van der Waals surface area contributed by atoms with Crippen molar-refractivity contribution in [2.45, 2.75) is 56.9 Å². The van der Waals surface area contributed by atoms with E-state index in [4.69, 9.17) is 23.7 Å². The zero-order valence-electron chi connectivity index (χ0n) is 23.5. The molecule has 1 N–H and O–H groups in total. The Bertz CT molecular complexity index is 1320. The monoisotopic (exact) mass is 567 g/mol. The van der Waals surface area contributed by atoms with E-state index in [2.05, 4.69) is 5.16 Å². The zero-order valence-corrected chi connectivity index (χ0v) is 23.5. The first kappa shape index (κ1) is 29.6. The molecule has 42 heavy (non-hydrogen) atoms. The van der Waals surface area contributed by atoms with Crippen LogP contribution in [0.3, 0.4) is 0 Å². The van der Waals surface area contributed by atoms with E-state index < -0.39 is 30.5 Å². The van der Waals surface area contributed by atoms with Crippen molar-refractivity contribution in [3.8, 4) is 0 Å². The van der Waals surface area contributed by atoms with Crippen LogP contribution in [0.4, 0.5) is 0 Å². The molecule has 0 aliphatic carbocycles. The number of oxime groups is 1. The summed E-state index contributed by atoms with van der Waals surface area (Å²) in [7, 11) is 0. The Morgan fingerprint density at radius 2 is 0.952 bits per heavy atom. The lowest BCUT2D eigenvalue weighted by Gasteiger charge is -2.45. The highest BCUT2D eigenvalue weighted by molar-refractivity contribution is 5.63. The summed E-state index contributed by atoms with van der Waals surface area (Å²) in [5.74, 6) is 0. The van der Waals surface area contributed by atoms with Gasteiger partial charge in [0.2, 0.25) is 0 Å². The highest BCUT2D eigenvalue weighted by Crippen LogP contribution is 2.30. The second kappa shape index (κ2) is 16.0. The Labute approximate surface area is 247 Å². The van der Waals surface area contributed by atoms with Crippen LogP contribution in [0.5, 0.6) is 0 Å². The second-order valence-electron chi connectivity index (χ2n) is 10.2. The molecule has 4 aromatic rings. The third-order valence-corrected chi connectivity index (χ3v) is 7.13. The zero-order chi connectivity index (χ0) is 28.8. The fourth-order valence-corrected chi connectivity index (χ4v) is 5.01. The number of rotatable bonds is 14. The highest BCUT2D eigenvalue weighted by atomic mass is 16.6. The normalized spacial score (nSPS) is 22.3. The minimum atomic E-state index is -0.693. The van der Waals surface area contributed by atoms with Crippen molar-refractivity contribution in [1.82, 2.24) is 0 Å². The van der Waals surface area contributed by atoms with Crippen LogP contribution in [0, 0.1) is 0 Å². The molecule has 1 aliphatic rings. The predicted molar refractivity (Wildman–Crippen MR) is 160 cm³/mol. The predicted octanol–water partition coefficient (Wildman–Crippen LogP) is 6.19. The van der Waals surface area contributed by atoms with Crippen molar-refractivity contribution < 1.29 is 28.9 Å². The van der Waals surface area contributed by atoms with E-state index >= 15 is 0 Å². The van der Waals surface area contributed by atoms with Crippen LogP contribution in [-0.2, 0) is 50.1 Å². The van der Waals surface area contributed by atoms with Gasteiger partial charge in [0.05, 0.1) is 39.2 Å². The number of nitrogens with zero attached hydrogens (tertiary/aromatic N) is 1. The molecule has 5 atom stereocenters. The fourth-order valence-electron chi connectivity index (χ4n) is 5.01. The van der Waals surface area contributed by atoms with Gasteiger partial charge in [0, 0.05) is 0 Å². The molecule has 1 fully saturated rings. The quantitative estimate of drug-likeness (QED) is 0.111. The van der Waals surface area contributed by atoms with Crippen LogP contribution in [-0.4, -0.2) is 48.5 Å². The molecule has 1 saturated heterocycles. The summed E-state index contributed by atoms with van der Waals surface area (Å²) < 4.78 is 32.3. The maximum atomic E-state index is 9.58. The molecule has 218 valence electrons. The number of hydrogen-bond acceptors (Lipinski definition) is 7. The molecule has 0 spiro atoms. The number of hydrogen-bond donors (Lipinski definition) is 1. The SMILES string of the molecule is O/N=C/[C@@H]1O[C@H](COCc2ccccc2)[C@@H](OCc2ccccc2)[C@H](OCc2ccccc2)[C@@H]1OCc1ccccc1. The fraction of sp³-hybridized carbons (Fsp3) is 0.286. The highest BCUT2D eigenvalue weighted by Gasteiger charge is 2.48. The van der Waals surface area contributed by atoms with Gasteiger partial charge in [0.15, 0.2) is 0 Å². The second-order valence-corrected chi connectivity index (χ2v) is 10.2. The van der Waals surface area contributed by atoms with Gasteiger partial charge in [-0.2, -0.15) is 0 Å². The van der Waals surface area contributed by atoms with Gasteiger partial charge in [-0.3, -0.25) is 0 Å². The summed E-state index contributed by atoms with van der Waals surface area (Å²) in [5, 5.41) is 12.9. The number of benzene rings is 4. The van der Waals surface area contributed by atoms with Gasteiger partial charge in [-0.15, -0.1) is 0 Å². The lowest BCUT2D eigenvalue weighted by molar-refractivity contribution is -0.258. The van der Waals surface area contributed by atoms with Crippen molar-refractivity contribution in [2.24, 2.45) is 5.16 Å².